The predicted octanol–water partition coefficient (Wildman–Crippen LogP) is 1.15. The minimum absolute atomic E-state index is 0.116. The Hall–Kier alpha value is -2.44. The van der Waals surface area contributed by atoms with Gasteiger partial charge < -0.3 is 10.1 Å². The summed E-state index contributed by atoms with van der Waals surface area (Å²) in [6.07, 6.45) is 0.274. The van der Waals surface area contributed by atoms with E-state index >= 15 is 0 Å². The number of aryl methyl sites for hydroxylation is 1. The lowest BCUT2D eigenvalue weighted by Crippen LogP contribution is -2.28. The molecule has 1 unspecified atom stereocenters. The fourth-order valence-corrected chi connectivity index (χ4v) is 1.63. The van der Waals surface area contributed by atoms with Crippen LogP contribution in [0.4, 0.5) is 0 Å². The lowest BCUT2D eigenvalue weighted by Gasteiger charge is -2.10. The monoisotopic (exact) mass is 275 g/mol. The molecule has 1 aromatic heterocycles. The molecule has 1 atom stereocenters. The second kappa shape index (κ2) is 6.65. The van der Waals surface area contributed by atoms with E-state index in [4.69, 9.17) is 4.74 Å². The number of hydrogen-bond donors (Lipinski definition) is 2. The number of aromatic nitrogens is 4. The maximum atomic E-state index is 11.7. The number of aromatic amines is 1. The first-order valence-electron chi connectivity index (χ1n) is 6.37. The third-order valence-electron chi connectivity index (χ3n) is 2.75. The number of rotatable bonds is 6. The number of nitrogens with one attached hydrogen (secondary N) is 2. The van der Waals surface area contributed by atoms with E-state index in [0.29, 0.717) is 12.4 Å². The Bertz CT molecular complexity index is 538. The van der Waals surface area contributed by atoms with Crippen LogP contribution >= 0.6 is 0 Å². The molecule has 0 radical (unpaired) electrons. The molecule has 0 spiro atoms. The molecule has 0 saturated heterocycles. The van der Waals surface area contributed by atoms with E-state index in [-0.39, 0.29) is 18.4 Å². The van der Waals surface area contributed by atoms with Gasteiger partial charge in [0.15, 0.2) is 5.82 Å². The Kier molecular flexibility index (Phi) is 4.65. The fourth-order valence-electron chi connectivity index (χ4n) is 1.63. The SMILES string of the molecule is Cc1ccc(OCCC(=O)NC(C)c2nn[nH]n2)cc1. The average molecular weight is 275 g/mol. The van der Waals surface area contributed by atoms with Crippen molar-refractivity contribution in [2.24, 2.45) is 0 Å². The van der Waals surface area contributed by atoms with Crippen molar-refractivity contribution in [3.8, 4) is 5.75 Å². The first kappa shape index (κ1) is 14.0. The van der Waals surface area contributed by atoms with Crippen molar-refractivity contribution in [3.63, 3.8) is 0 Å². The molecular weight excluding hydrogens is 258 g/mol. The Morgan fingerprint density at radius 2 is 2.15 bits per heavy atom. The summed E-state index contributed by atoms with van der Waals surface area (Å²) >= 11 is 0. The van der Waals surface area contributed by atoms with Crippen molar-refractivity contribution >= 4 is 5.91 Å². The van der Waals surface area contributed by atoms with Gasteiger partial charge in [-0.15, -0.1) is 10.2 Å². The smallest absolute Gasteiger partial charge is 0.224 e. The number of nitrogens with zero attached hydrogens (tertiary/aromatic N) is 3. The van der Waals surface area contributed by atoms with E-state index in [2.05, 4.69) is 25.9 Å². The molecule has 0 saturated carbocycles. The Morgan fingerprint density at radius 3 is 2.80 bits per heavy atom. The molecule has 0 bridgehead atoms. The normalized spacial score (nSPS) is 11.9. The minimum atomic E-state index is -0.277. The molecule has 2 N–H and O–H groups in total. The van der Waals surface area contributed by atoms with Gasteiger partial charge in [-0.3, -0.25) is 4.79 Å². The van der Waals surface area contributed by atoms with Crippen molar-refractivity contribution in [2.75, 3.05) is 6.61 Å². The van der Waals surface area contributed by atoms with Gasteiger partial charge in [0, 0.05) is 0 Å². The molecule has 20 heavy (non-hydrogen) atoms. The van der Waals surface area contributed by atoms with Crippen LogP contribution in [0.25, 0.3) is 0 Å². The van der Waals surface area contributed by atoms with Gasteiger partial charge in [0.05, 0.1) is 19.1 Å². The maximum Gasteiger partial charge on any atom is 0.224 e. The first-order valence-corrected chi connectivity index (χ1v) is 6.37. The standard InChI is InChI=1S/C13H17N5O2/c1-9-3-5-11(6-4-9)20-8-7-12(19)14-10(2)13-15-17-18-16-13/h3-6,10H,7-8H2,1-2H3,(H,14,19)(H,15,16,17,18). The van der Waals surface area contributed by atoms with Crippen LogP contribution in [0.15, 0.2) is 24.3 Å². The van der Waals surface area contributed by atoms with Crippen LogP contribution in [0.5, 0.6) is 5.75 Å². The lowest BCUT2D eigenvalue weighted by molar-refractivity contribution is -0.122. The van der Waals surface area contributed by atoms with Crippen molar-refractivity contribution in [2.45, 2.75) is 26.3 Å². The molecule has 7 nitrogen and oxygen atoms in total. The van der Waals surface area contributed by atoms with Gasteiger partial charge in [-0.25, -0.2) is 0 Å². The molecular formula is C13H17N5O2. The molecule has 2 aromatic rings. The summed E-state index contributed by atoms with van der Waals surface area (Å²) in [6, 6.07) is 7.42. The number of hydrogen-bond acceptors (Lipinski definition) is 5. The van der Waals surface area contributed by atoms with E-state index in [1.807, 2.05) is 31.2 Å². The van der Waals surface area contributed by atoms with Crippen LogP contribution in [0.3, 0.4) is 0 Å². The molecule has 7 heteroatoms. The fraction of sp³-hybridized carbons (Fsp3) is 0.385. The predicted molar refractivity (Wildman–Crippen MR) is 72.0 cm³/mol. The van der Waals surface area contributed by atoms with Crippen LogP contribution in [0.1, 0.15) is 30.8 Å². The van der Waals surface area contributed by atoms with E-state index in [1.54, 1.807) is 6.92 Å². The quantitative estimate of drug-likeness (QED) is 0.825. The van der Waals surface area contributed by atoms with Crippen LogP contribution in [0, 0.1) is 6.92 Å². The van der Waals surface area contributed by atoms with Crippen molar-refractivity contribution in [1.29, 1.82) is 0 Å². The highest BCUT2D eigenvalue weighted by Gasteiger charge is 2.13. The van der Waals surface area contributed by atoms with Gasteiger partial charge in [0.25, 0.3) is 0 Å². The topological polar surface area (TPSA) is 92.8 Å². The molecule has 1 aromatic carbocycles. The summed E-state index contributed by atoms with van der Waals surface area (Å²) in [5.41, 5.74) is 1.17. The van der Waals surface area contributed by atoms with Crippen LogP contribution in [-0.4, -0.2) is 33.1 Å². The first-order chi connectivity index (χ1) is 9.65. The van der Waals surface area contributed by atoms with E-state index in [0.717, 1.165) is 5.75 Å². The molecule has 1 heterocycles. The van der Waals surface area contributed by atoms with Crippen molar-refractivity contribution < 1.29 is 9.53 Å². The summed E-state index contributed by atoms with van der Waals surface area (Å²) in [4.78, 5) is 11.7. The third kappa shape index (κ3) is 4.04. The van der Waals surface area contributed by atoms with E-state index in [9.17, 15) is 4.79 Å². The largest absolute Gasteiger partial charge is 0.493 e. The number of H-pyrrole nitrogens is 1. The number of ether oxygens (including phenoxy) is 1. The van der Waals surface area contributed by atoms with Crippen molar-refractivity contribution in [3.05, 3.63) is 35.7 Å². The summed E-state index contributed by atoms with van der Waals surface area (Å²) in [6.45, 7) is 4.13. The maximum absolute atomic E-state index is 11.7. The molecule has 1 amide bonds. The molecule has 0 aliphatic heterocycles. The lowest BCUT2D eigenvalue weighted by atomic mass is 10.2. The molecule has 0 fully saturated rings. The highest BCUT2D eigenvalue weighted by Crippen LogP contribution is 2.11. The van der Waals surface area contributed by atoms with Gasteiger partial charge in [-0.05, 0) is 26.0 Å². The Morgan fingerprint density at radius 1 is 1.40 bits per heavy atom. The number of benzene rings is 1. The summed E-state index contributed by atoms with van der Waals surface area (Å²) in [7, 11) is 0. The number of carbonyl (C=O) groups is 1. The third-order valence-corrected chi connectivity index (χ3v) is 2.75. The zero-order valence-electron chi connectivity index (χ0n) is 11.5. The van der Waals surface area contributed by atoms with Gasteiger partial charge in [-0.1, -0.05) is 22.9 Å². The van der Waals surface area contributed by atoms with Gasteiger partial charge in [0.1, 0.15) is 5.75 Å². The second-order valence-corrected chi connectivity index (χ2v) is 4.47. The van der Waals surface area contributed by atoms with Crippen LogP contribution < -0.4 is 10.1 Å². The minimum Gasteiger partial charge on any atom is -0.493 e. The summed E-state index contributed by atoms with van der Waals surface area (Å²) < 4.78 is 5.49. The van der Waals surface area contributed by atoms with Crippen LogP contribution in [0.2, 0.25) is 0 Å². The second-order valence-electron chi connectivity index (χ2n) is 4.47. The molecule has 106 valence electrons. The van der Waals surface area contributed by atoms with E-state index in [1.165, 1.54) is 5.56 Å². The zero-order valence-corrected chi connectivity index (χ0v) is 11.5. The molecule has 0 aliphatic carbocycles. The number of tetrazole rings is 1. The Balaban J connectivity index is 1.71. The van der Waals surface area contributed by atoms with Crippen LogP contribution in [-0.2, 0) is 4.79 Å². The van der Waals surface area contributed by atoms with Gasteiger partial charge in [-0.2, -0.15) is 5.21 Å². The van der Waals surface area contributed by atoms with Crippen molar-refractivity contribution in [1.82, 2.24) is 25.9 Å². The summed E-state index contributed by atoms with van der Waals surface area (Å²) in [5, 5.41) is 16.2. The molecule has 0 aliphatic rings. The molecule has 2 rings (SSSR count). The zero-order chi connectivity index (χ0) is 14.4. The highest BCUT2D eigenvalue weighted by molar-refractivity contribution is 5.76. The number of amides is 1. The summed E-state index contributed by atoms with van der Waals surface area (Å²) in [5.74, 6) is 1.10. The van der Waals surface area contributed by atoms with Gasteiger partial charge >= 0.3 is 0 Å². The van der Waals surface area contributed by atoms with E-state index < -0.39 is 0 Å². The Labute approximate surface area is 116 Å². The van der Waals surface area contributed by atoms with Gasteiger partial charge in [0.2, 0.25) is 5.91 Å². The number of carbonyl (C=O) groups excluding carboxylic acids is 1. The average Bonchev–Trinajstić information content (AvgIpc) is 2.95. The highest BCUT2D eigenvalue weighted by atomic mass is 16.5.